The number of nitrogens with one attached hydrogen (secondary N) is 1. The van der Waals surface area contributed by atoms with Crippen molar-refractivity contribution in [3.63, 3.8) is 0 Å². The van der Waals surface area contributed by atoms with E-state index < -0.39 is 0 Å². The fraction of sp³-hybridized carbons (Fsp3) is 0.824. The first-order chi connectivity index (χ1) is 10.2. The van der Waals surface area contributed by atoms with E-state index in [1.54, 1.807) is 0 Å². The SMILES string of the molecule is CCCc1nc(N2C(C)CCC2CC)sc1CNC1CC1. The molecule has 0 spiro atoms. The van der Waals surface area contributed by atoms with E-state index in [-0.39, 0.29) is 0 Å². The largest absolute Gasteiger partial charge is 0.342 e. The lowest BCUT2D eigenvalue weighted by Gasteiger charge is -2.27. The van der Waals surface area contributed by atoms with Gasteiger partial charge in [-0.25, -0.2) is 4.98 Å². The number of thiazole rings is 1. The molecule has 0 aromatic carbocycles. The van der Waals surface area contributed by atoms with E-state index >= 15 is 0 Å². The van der Waals surface area contributed by atoms with Crippen LogP contribution in [-0.4, -0.2) is 23.1 Å². The quantitative estimate of drug-likeness (QED) is 0.821. The van der Waals surface area contributed by atoms with Crippen molar-refractivity contribution in [2.24, 2.45) is 0 Å². The molecular formula is C17H29N3S. The van der Waals surface area contributed by atoms with Crippen LogP contribution in [0.1, 0.15) is 69.9 Å². The highest BCUT2D eigenvalue weighted by atomic mass is 32.1. The second-order valence-electron chi connectivity index (χ2n) is 6.67. The summed E-state index contributed by atoms with van der Waals surface area (Å²) in [5.74, 6) is 0. The van der Waals surface area contributed by atoms with Crippen LogP contribution in [0.15, 0.2) is 0 Å². The minimum absolute atomic E-state index is 0.653. The first-order valence-electron chi connectivity index (χ1n) is 8.73. The van der Waals surface area contributed by atoms with E-state index in [9.17, 15) is 0 Å². The molecule has 1 saturated heterocycles. The Morgan fingerprint density at radius 3 is 2.71 bits per heavy atom. The zero-order valence-corrected chi connectivity index (χ0v) is 14.5. The molecule has 2 aliphatic rings. The molecule has 2 fully saturated rings. The molecule has 0 radical (unpaired) electrons. The third-order valence-electron chi connectivity index (χ3n) is 4.86. The summed E-state index contributed by atoms with van der Waals surface area (Å²) in [6.07, 6.45) is 8.91. The molecule has 1 N–H and O–H groups in total. The third kappa shape index (κ3) is 3.42. The van der Waals surface area contributed by atoms with Gasteiger partial charge in [-0.2, -0.15) is 0 Å². The Labute approximate surface area is 133 Å². The number of aromatic nitrogens is 1. The molecular weight excluding hydrogens is 278 g/mol. The Balaban J connectivity index is 1.78. The molecule has 1 aliphatic carbocycles. The standard InChI is InChI=1S/C17H29N3S/c1-4-6-15-16(11-18-13-8-9-13)21-17(19-15)20-12(3)7-10-14(20)5-2/h12-14,18H,4-11H2,1-3H3. The van der Waals surface area contributed by atoms with Gasteiger partial charge in [0.1, 0.15) is 0 Å². The summed E-state index contributed by atoms with van der Waals surface area (Å²) in [5, 5.41) is 4.94. The molecule has 3 nitrogen and oxygen atoms in total. The summed E-state index contributed by atoms with van der Waals surface area (Å²) in [5.41, 5.74) is 1.35. The molecule has 118 valence electrons. The lowest BCUT2D eigenvalue weighted by Crippen LogP contribution is -2.33. The van der Waals surface area contributed by atoms with Gasteiger partial charge in [-0.05, 0) is 45.4 Å². The molecule has 21 heavy (non-hydrogen) atoms. The van der Waals surface area contributed by atoms with Crippen molar-refractivity contribution in [2.75, 3.05) is 4.90 Å². The zero-order chi connectivity index (χ0) is 14.8. The molecule has 0 amide bonds. The highest BCUT2D eigenvalue weighted by Crippen LogP contribution is 2.36. The summed E-state index contributed by atoms with van der Waals surface area (Å²) in [7, 11) is 0. The van der Waals surface area contributed by atoms with Gasteiger partial charge in [0, 0.05) is 29.5 Å². The second-order valence-corrected chi connectivity index (χ2v) is 7.73. The van der Waals surface area contributed by atoms with Gasteiger partial charge in [0.05, 0.1) is 5.69 Å². The van der Waals surface area contributed by atoms with Crippen LogP contribution in [-0.2, 0) is 13.0 Å². The van der Waals surface area contributed by atoms with E-state index in [1.807, 2.05) is 11.3 Å². The number of hydrogen-bond donors (Lipinski definition) is 1. The van der Waals surface area contributed by atoms with Crippen molar-refractivity contribution >= 4 is 16.5 Å². The Hall–Kier alpha value is -0.610. The van der Waals surface area contributed by atoms with Crippen molar-refractivity contribution in [1.29, 1.82) is 0 Å². The summed E-state index contributed by atoms with van der Waals surface area (Å²) >= 11 is 1.94. The maximum Gasteiger partial charge on any atom is 0.186 e. The molecule has 1 aliphatic heterocycles. The van der Waals surface area contributed by atoms with Crippen LogP contribution < -0.4 is 10.2 Å². The molecule has 2 heterocycles. The second kappa shape index (κ2) is 6.66. The fourth-order valence-corrected chi connectivity index (χ4v) is 4.62. The lowest BCUT2D eigenvalue weighted by molar-refractivity contribution is 0.625. The Morgan fingerprint density at radius 1 is 1.24 bits per heavy atom. The van der Waals surface area contributed by atoms with Crippen molar-refractivity contribution in [3.8, 4) is 0 Å². The first kappa shape index (κ1) is 15.3. The van der Waals surface area contributed by atoms with Gasteiger partial charge in [-0.1, -0.05) is 20.3 Å². The molecule has 2 atom stereocenters. The molecule has 1 aromatic heterocycles. The fourth-order valence-electron chi connectivity index (χ4n) is 3.39. The predicted molar refractivity (Wildman–Crippen MR) is 91.2 cm³/mol. The summed E-state index contributed by atoms with van der Waals surface area (Å²) in [4.78, 5) is 9.11. The van der Waals surface area contributed by atoms with Crippen molar-refractivity contribution in [1.82, 2.24) is 10.3 Å². The molecule has 3 rings (SSSR count). The van der Waals surface area contributed by atoms with Crippen LogP contribution in [0, 0.1) is 0 Å². The smallest absolute Gasteiger partial charge is 0.186 e. The maximum atomic E-state index is 5.03. The number of nitrogens with zero attached hydrogens (tertiary/aromatic N) is 2. The van der Waals surface area contributed by atoms with Gasteiger partial charge < -0.3 is 10.2 Å². The molecule has 1 saturated carbocycles. The van der Waals surface area contributed by atoms with E-state index in [0.29, 0.717) is 12.1 Å². The van der Waals surface area contributed by atoms with Gasteiger partial charge in [-0.3, -0.25) is 0 Å². The van der Waals surface area contributed by atoms with E-state index in [2.05, 4.69) is 31.0 Å². The highest BCUT2D eigenvalue weighted by Gasteiger charge is 2.32. The number of rotatable bonds is 7. The molecule has 1 aromatic rings. The number of anilines is 1. The third-order valence-corrected chi connectivity index (χ3v) is 5.97. The van der Waals surface area contributed by atoms with Gasteiger partial charge >= 0.3 is 0 Å². The molecule has 0 bridgehead atoms. The summed E-state index contributed by atoms with van der Waals surface area (Å²) in [6.45, 7) is 7.95. The first-order valence-corrected chi connectivity index (χ1v) is 9.54. The van der Waals surface area contributed by atoms with Gasteiger partial charge in [-0.15, -0.1) is 11.3 Å². The van der Waals surface area contributed by atoms with Crippen LogP contribution >= 0.6 is 11.3 Å². The maximum absolute atomic E-state index is 5.03. The van der Waals surface area contributed by atoms with E-state index in [4.69, 9.17) is 4.98 Å². The average Bonchev–Trinajstić information content (AvgIpc) is 3.12. The Bertz CT molecular complexity index is 467. The van der Waals surface area contributed by atoms with Crippen LogP contribution in [0.25, 0.3) is 0 Å². The average molecular weight is 308 g/mol. The molecule has 4 heteroatoms. The minimum atomic E-state index is 0.653. The van der Waals surface area contributed by atoms with Crippen molar-refractivity contribution in [2.45, 2.75) is 90.4 Å². The van der Waals surface area contributed by atoms with Gasteiger partial charge in [0.2, 0.25) is 0 Å². The lowest BCUT2D eigenvalue weighted by atomic mass is 10.2. The molecule has 2 unspecified atom stereocenters. The highest BCUT2D eigenvalue weighted by molar-refractivity contribution is 7.15. The topological polar surface area (TPSA) is 28.2 Å². The summed E-state index contributed by atoms with van der Waals surface area (Å²) in [6, 6.07) is 2.13. The normalized spacial score (nSPS) is 25.8. The van der Waals surface area contributed by atoms with Crippen LogP contribution in [0.2, 0.25) is 0 Å². The van der Waals surface area contributed by atoms with Crippen molar-refractivity contribution in [3.05, 3.63) is 10.6 Å². The van der Waals surface area contributed by atoms with Gasteiger partial charge in [0.15, 0.2) is 5.13 Å². The van der Waals surface area contributed by atoms with Crippen LogP contribution in [0.5, 0.6) is 0 Å². The number of aryl methyl sites for hydroxylation is 1. The zero-order valence-electron chi connectivity index (χ0n) is 13.7. The van der Waals surface area contributed by atoms with Crippen LogP contribution in [0.4, 0.5) is 5.13 Å². The Morgan fingerprint density at radius 2 is 2.05 bits per heavy atom. The van der Waals surface area contributed by atoms with E-state index in [1.165, 1.54) is 54.2 Å². The predicted octanol–water partition coefficient (Wildman–Crippen LogP) is 4.11. The minimum Gasteiger partial charge on any atom is -0.342 e. The van der Waals surface area contributed by atoms with E-state index in [0.717, 1.165) is 19.0 Å². The summed E-state index contributed by atoms with van der Waals surface area (Å²) < 4.78 is 0. The Kier molecular flexibility index (Phi) is 4.85. The number of hydrogen-bond acceptors (Lipinski definition) is 4. The monoisotopic (exact) mass is 307 g/mol. The van der Waals surface area contributed by atoms with Gasteiger partial charge in [0.25, 0.3) is 0 Å². The van der Waals surface area contributed by atoms with Crippen molar-refractivity contribution < 1.29 is 0 Å². The van der Waals surface area contributed by atoms with Crippen LogP contribution in [0.3, 0.4) is 0 Å².